The minimum absolute atomic E-state index is 0.571. The highest BCUT2D eigenvalue weighted by atomic mass is 32.1. The number of imidazole rings is 1. The Bertz CT molecular complexity index is 1010. The van der Waals surface area contributed by atoms with Crippen molar-refractivity contribution in [2.24, 2.45) is 0 Å². The molecule has 0 atom stereocenters. The van der Waals surface area contributed by atoms with Crippen molar-refractivity contribution in [1.29, 1.82) is 0 Å². The number of benzene rings is 1. The number of hydrogen-bond acceptors (Lipinski definition) is 5. The molecule has 1 aromatic carbocycles. The number of aryl methyl sites for hydroxylation is 2. The summed E-state index contributed by atoms with van der Waals surface area (Å²) in [5, 5.41) is 0.571. The maximum absolute atomic E-state index is 5.88. The van der Waals surface area contributed by atoms with E-state index in [-0.39, 0.29) is 0 Å². The van der Waals surface area contributed by atoms with Gasteiger partial charge < -0.3 is 10.7 Å². The first-order chi connectivity index (χ1) is 11.2. The van der Waals surface area contributed by atoms with Gasteiger partial charge in [-0.25, -0.2) is 9.97 Å². The second-order valence-electron chi connectivity index (χ2n) is 5.69. The standard InChI is InChI=1S/C17H17N5S/c1-3-4-10-5-9(2)12(7-19-10)11-6-13-16(23-17(18)22-13)15-14(11)20-8-21-15/h5-8H,3-4H2,1-2H3,(H2,18,22)(H,20,21). The Morgan fingerprint density at radius 3 is 2.87 bits per heavy atom. The van der Waals surface area contributed by atoms with Crippen molar-refractivity contribution in [3.8, 4) is 11.1 Å². The Labute approximate surface area is 137 Å². The van der Waals surface area contributed by atoms with Crippen LogP contribution in [0.1, 0.15) is 24.6 Å². The molecule has 0 bridgehead atoms. The maximum atomic E-state index is 5.88. The average molecular weight is 323 g/mol. The van der Waals surface area contributed by atoms with Crippen molar-refractivity contribution < 1.29 is 0 Å². The SMILES string of the molecule is CCCc1cc(C)c(-c2cc3nc(N)sc3c3[nH]cnc23)cn1. The predicted octanol–water partition coefficient (Wildman–Crippen LogP) is 4.08. The van der Waals surface area contributed by atoms with E-state index in [1.54, 1.807) is 6.33 Å². The number of nitrogens with two attached hydrogens (primary N) is 1. The maximum Gasteiger partial charge on any atom is 0.181 e. The van der Waals surface area contributed by atoms with Gasteiger partial charge in [0, 0.05) is 23.0 Å². The molecule has 4 rings (SSSR count). The third-order valence-corrected chi connectivity index (χ3v) is 4.95. The molecule has 0 amide bonds. The molecule has 3 heterocycles. The van der Waals surface area contributed by atoms with Crippen LogP contribution in [0, 0.1) is 6.92 Å². The second-order valence-corrected chi connectivity index (χ2v) is 6.72. The van der Waals surface area contributed by atoms with Crippen LogP contribution in [-0.4, -0.2) is 19.9 Å². The van der Waals surface area contributed by atoms with E-state index >= 15 is 0 Å². The van der Waals surface area contributed by atoms with E-state index in [4.69, 9.17) is 5.73 Å². The summed E-state index contributed by atoms with van der Waals surface area (Å²) in [4.78, 5) is 16.8. The molecule has 0 aliphatic heterocycles. The van der Waals surface area contributed by atoms with E-state index in [9.17, 15) is 0 Å². The molecule has 3 N–H and O–H groups in total. The monoisotopic (exact) mass is 323 g/mol. The highest BCUT2D eigenvalue weighted by molar-refractivity contribution is 7.22. The number of aromatic nitrogens is 4. The number of aromatic amines is 1. The molecule has 0 saturated carbocycles. The van der Waals surface area contributed by atoms with Gasteiger partial charge in [-0.05, 0) is 31.0 Å². The molecule has 4 aromatic rings. The fourth-order valence-electron chi connectivity index (χ4n) is 3.00. The summed E-state index contributed by atoms with van der Waals surface area (Å²) in [7, 11) is 0. The third kappa shape index (κ3) is 2.26. The zero-order valence-electron chi connectivity index (χ0n) is 13.1. The zero-order valence-corrected chi connectivity index (χ0v) is 13.9. The Kier molecular flexibility index (Phi) is 3.27. The van der Waals surface area contributed by atoms with Crippen LogP contribution < -0.4 is 5.73 Å². The minimum Gasteiger partial charge on any atom is -0.375 e. The van der Waals surface area contributed by atoms with E-state index in [0.29, 0.717) is 5.13 Å². The molecule has 0 radical (unpaired) electrons. The van der Waals surface area contributed by atoms with Crippen LogP contribution in [0.3, 0.4) is 0 Å². The van der Waals surface area contributed by atoms with Crippen molar-refractivity contribution in [2.75, 3.05) is 5.73 Å². The summed E-state index contributed by atoms with van der Waals surface area (Å²) >= 11 is 1.48. The quantitative estimate of drug-likeness (QED) is 0.595. The molecule has 0 saturated heterocycles. The van der Waals surface area contributed by atoms with E-state index in [1.165, 1.54) is 16.9 Å². The van der Waals surface area contributed by atoms with E-state index in [2.05, 4.69) is 45.9 Å². The molecule has 23 heavy (non-hydrogen) atoms. The summed E-state index contributed by atoms with van der Waals surface area (Å²) in [5.74, 6) is 0. The van der Waals surface area contributed by atoms with Gasteiger partial charge in [0.25, 0.3) is 0 Å². The lowest BCUT2D eigenvalue weighted by atomic mass is 10.00. The summed E-state index contributed by atoms with van der Waals surface area (Å²) in [6, 6.07) is 4.23. The van der Waals surface area contributed by atoms with Crippen LogP contribution in [0.4, 0.5) is 5.13 Å². The van der Waals surface area contributed by atoms with Crippen LogP contribution >= 0.6 is 11.3 Å². The van der Waals surface area contributed by atoms with Gasteiger partial charge in [0.15, 0.2) is 5.13 Å². The second kappa shape index (κ2) is 5.31. The van der Waals surface area contributed by atoms with Gasteiger partial charge in [-0.15, -0.1) is 0 Å². The number of hydrogen-bond donors (Lipinski definition) is 2. The van der Waals surface area contributed by atoms with Gasteiger partial charge >= 0.3 is 0 Å². The number of nitrogen functional groups attached to an aromatic ring is 1. The minimum atomic E-state index is 0.571. The number of thiazole rings is 1. The lowest BCUT2D eigenvalue weighted by Crippen LogP contribution is -1.93. The van der Waals surface area contributed by atoms with E-state index in [0.717, 1.165) is 50.9 Å². The number of pyridine rings is 1. The molecule has 0 unspecified atom stereocenters. The lowest BCUT2D eigenvalue weighted by Gasteiger charge is -2.09. The highest BCUT2D eigenvalue weighted by Gasteiger charge is 2.15. The van der Waals surface area contributed by atoms with E-state index < -0.39 is 0 Å². The van der Waals surface area contributed by atoms with Crippen LogP contribution in [0.2, 0.25) is 0 Å². The molecular weight excluding hydrogens is 306 g/mol. The Morgan fingerprint density at radius 2 is 2.09 bits per heavy atom. The van der Waals surface area contributed by atoms with Crippen molar-refractivity contribution in [3.05, 3.63) is 35.9 Å². The first-order valence-electron chi connectivity index (χ1n) is 7.65. The lowest BCUT2D eigenvalue weighted by molar-refractivity contribution is 0.881. The Balaban J connectivity index is 1.98. The number of anilines is 1. The molecule has 6 heteroatoms. The predicted molar refractivity (Wildman–Crippen MR) is 95.6 cm³/mol. The molecular formula is C17H17N5S. The number of rotatable bonds is 3. The van der Waals surface area contributed by atoms with Crippen molar-refractivity contribution in [1.82, 2.24) is 19.9 Å². The number of fused-ring (bicyclic) bond motifs is 3. The number of H-pyrrole nitrogens is 1. The topological polar surface area (TPSA) is 80.5 Å². The zero-order chi connectivity index (χ0) is 16.0. The number of nitrogens with zero attached hydrogens (tertiary/aromatic N) is 3. The summed E-state index contributed by atoms with van der Waals surface area (Å²) < 4.78 is 1.05. The van der Waals surface area contributed by atoms with Crippen LogP contribution in [0.25, 0.3) is 32.4 Å². The third-order valence-electron chi connectivity index (χ3n) is 4.04. The van der Waals surface area contributed by atoms with Crippen molar-refractivity contribution in [2.45, 2.75) is 26.7 Å². The molecule has 3 aromatic heterocycles. The number of nitrogens with one attached hydrogen (secondary N) is 1. The largest absolute Gasteiger partial charge is 0.375 e. The van der Waals surface area contributed by atoms with Crippen LogP contribution in [0.15, 0.2) is 24.7 Å². The fourth-order valence-corrected chi connectivity index (χ4v) is 3.82. The smallest absolute Gasteiger partial charge is 0.181 e. The van der Waals surface area contributed by atoms with Gasteiger partial charge in [0.1, 0.15) is 0 Å². The molecule has 0 aliphatic carbocycles. The van der Waals surface area contributed by atoms with Gasteiger partial charge in [-0.1, -0.05) is 24.7 Å². The molecule has 0 fully saturated rings. The first-order valence-corrected chi connectivity index (χ1v) is 8.47. The molecule has 0 spiro atoms. The molecule has 0 aliphatic rings. The van der Waals surface area contributed by atoms with Crippen LogP contribution in [0.5, 0.6) is 0 Å². The average Bonchev–Trinajstić information content (AvgIpc) is 3.12. The van der Waals surface area contributed by atoms with Gasteiger partial charge in [0.05, 0.1) is 27.6 Å². The Morgan fingerprint density at radius 1 is 1.22 bits per heavy atom. The van der Waals surface area contributed by atoms with Crippen molar-refractivity contribution in [3.63, 3.8) is 0 Å². The summed E-state index contributed by atoms with van der Waals surface area (Å²) in [5.41, 5.74) is 13.2. The van der Waals surface area contributed by atoms with Crippen LogP contribution in [-0.2, 0) is 6.42 Å². The van der Waals surface area contributed by atoms with Gasteiger partial charge in [0.2, 0.25) is 0 Å². The molecule has 5 nitrogen and oxygen atoms in total. The van der Waals surface area contributed by atoms with Crippen molar-refractivity contribution >= 4 is 37.7 Å². The van der Waals surface area contributed by atoms with Gasteiger partial charge in [-0.2, -0.15) is 0 Å². The fraction of sp³-hybridized carbons (Fsp3) is 0.235. The Hall–Kier alpha value is -2.47. The molecule has 116 valence electrons. The van der Waals surface area contributed by atoms with E-state index in [1.807, 2.05) is 6.20 Å². The first kappa shape index (κ1) is 14.1. The summed E-state index contributed by atoms with van der Waals surface area (Å²) in [6.45, 7) is 4.28. The summed E-state index contributed by atoms with van der Waals surface area (Å²) in [6.07, 6.45) is 5.77. The highest BCUT2D eigenvalue weighted by Crippen LogP contribution is 2.37. The van der Waals surface area contributed by atoms with Gasteiger partial charge in [-0.3, -0.25) is 4.98 Å². The normalized spacial score (nSPS) is 11.6.